The van der Waals surface area contributed by atoms with Crippen LogP contribution in [-0.2, 0) is 4.74 Å². The molecule has 0 fully saturated rings. The molecule has 0 spiro atoms. The van der Waals surface area contributed by atoms with Gasteiger partial charge in [-0.15, -0.1) is 0 Å². The highest BCUT2D eigenvalue weighted by Crippen LogP contribution is 2.13. The molecule has 0 radical (unpaired) electrons. The van der Waals surface area contributed by atoms with Gasteiger partial charge in [-0.05, 0) is 49.9 Å². The molecule has 1 aromatic rings. The second-order valence-electron chi connectivity index (χ2n) is 5.01. The SMILES string of the molecule is CCCCOCCCN=C(N)Nc1ccc(C)c(C)c1. The van der Waals surface area contributed by atoms with Crippen molar-refractivity contribution in [2.45, 2.75) is 40.0 Å². The molecule has 0 atom stereocenters. The number of benzene rings is 1. The van der Waals surface area contributed by atoms with Gasteiger partial charge in [-0.3, -0.25) is 4.99 Å². The van der Waals surface area contributed by atoms with Crippen LogP contribution in [0.1, 0.15) is 37.3 Å². The molecule has 1 aromatic carbocycles. The third-order valence-corrected chi connectivity index (χ3v) is 3.15. The Morgan fingerprint density at radius 1 is 1.20 bits per heavy atom. The van der Waals surface area contributed by atoms with Gasteiger partial charge in [0.15, 0.2) is 5.96 Å². The maximum Gasteiger partial charge on any atom is 0.193 e. The number of aryl methyl sites for hydroxylation is 2. The van der Waals surface area contributed by atoms with E-state index in [4.69, 9.17) is 10.5 Å². The van der Waals surface area contributed by atoms with E-state index in [0.29, 0.717) is 12.5 Å². The molecule has 0 unspecified atom stereocenters. The van der Waals surface area contributed by atoms with Gasteiger partial charge in [0, 0.05) is 25.4 Å². The van der Waals surface area contributed by atoms with E-state index in [0.717, 1.165) is 31.7 Å². The third-order valence-electron chi connectivity index (χ3n) is 3.15. The number of nitrogens with one attached hydrogen (secondary N) is 1. The first kappa shape index (κ1) is 16.5. The van der Waals surface area contributed by atoms with Crippen molar-refractivity contribution >= 4 is 11.6 Å². The van der Waals surface area contributed by atoms with E-state index in [1.165, 1.54) is 17.5 Å². The summed E-state index contributed by atoms with van der Waals surface area (Å²) in [6, 6.07) is 6.16. The molecular formula is C16H27N3O. The highest BCUT2D eigenvalue weighted by Gasteiger charge is 1.97. The van der Waals surface area contributed by atoms with Crippen LogP contribution >= 0.6 is 0 Å². The fraction of sp³-hybridized carbons (Fsp3) is 0.562. The maximum atomic E-state index is 5.85. The number of anilines is 1. The van der Waals surface area contributed by atoms with Crippen LogP contribution in [0.3, 0.4) is 0 Å². The lowest BCUT2D eigenvalue weighted by molar-refractivity contribution is 0.130. The topological polar surface area (TPSA) is 59.6 Å². The van der Waals surface area contributed by atoms with Gasteiger partial charge in [0.05, 0.1) is 0 Å². The Morgan fingerprint density at radius 2 is 1.95 bits per heavy atom. The fourth-order valence-electron chi connectivity index (χ4n) is 1.72. The molecule has 0 saturated heterocycles. The molecule has 0 heterocycles. The summed E-state index contributed by atoms with van der Waals surface area (Å²) in [7, 11) is 0. The molecule has 112 valence electrons. The van der Waals surface area contributed by atoms with Crippen molar-refractivity contribution in [2.24, 2.45) is 10.7 Å². The van der Waals surface area contributed by atoms with E-state index in [1.54, 1.807) is 0 Å². The van der Waals surface area contributed by atoms with Crippen molar-refractivity contribution in [1.29, 1.82) is 0 Å². The van der Waals surface area contributed by atoms with Crippen molar-refractivity contribution in [2.75, 3.05) is 25.1 Å². The predicted octanol–water partition coefficient (Wildman–Crippen LogP) is 3.24. The Morgan fingerprint density at radius 3 is 2.65 bits per heavy atom. The minimum absolute atomic E-state index is 0.460. The van der Waals surface area contributed by atoms with Crippen molar-refractivity contribution in [1.82, 2.24) is 0 Å². The van der Waals surface area contributed by atoms with E-state index >= 15 is 0 Å². The molecule has 20 heavy (non-hydrogen) atoms. The average Bonchev–Trinajstić information content (AvgIpc) is 2.42. The molecule has 3 N–H and O–H groups in total. The first-order valence-electron chi connectivity index (χ1n) is 7.35. The third kappa shape index (κ3) is 6.57. The first-order chi connectivity index (χ1) is 9.63. The van der Waals surface area contributed by atoms with Crippen LogP contribution in [0, 0.1) is 13.8 Å². The summed E-state index contributed by atoms with van der Waals surface area (Å²) < 4.78 is 5.47. The van der Waals surface area contributed by atoms with E-state index in [9.17, 15) is 0 Å². The van der Waals surface area contributed by atoms with Crippen molar-refractivity contribution < 1.29 is 4.74 Å². The molecule has 0 aromatic heterocycles. The monoisotopic (exact) mass is 277 g/mol. The number of hydrogen-bond donors (Lipinski definition) is 2. The molecule has 1 rings (SSSR count). The van der Waals surface area contributed by atoms with Crippen LogP contribution in [0.4, 0.5) is 5.69 Å². The Balaban J connectivity index is 2.25. The number of nitrogens with two attached hydrogens (primary N) is 1. The second kappa shape index (κ2) is 9.37. The number of ether oxygens (including phenoxy) is 1. The molecule has 4 heteroatoms. The summed E-state index contributed by atoms with van der Waals surface area (Å²) in [5.74, 6) is 0.460. The quantitative estimate of drug-likeness (QED) is 0.436. The standard InChI is InChI=1S/C16H27N3O/c1-4-5-10-20-11-6-9-18-16(17)19-15-8-7-13(2)14(3)12-15/h7-8,12H,4-6,9-11H2,1-3H3,(H3,17,18,19). The van der Waals surface area contributed by atoms with Gasteiger partial charge in [0.25, 0.3) is 0 Å². The lowest BCUT2D eigenvalue weighted by Crippen LogP contribution is -2.23. The lowest BCUT2D eigenvalue weighted by atomic mass is 10.1. The Hall–Kier alpha value is -1.55. The van der Waals surface area contributed by atoms with Crippen LogP contribution < -0.4 is 11.1 Å². The van der Waals surface area contributed by atoms with E-state index in [1.807, 2.05) is 6.07 Å². The number of nitrogens with zero attached hydrogens (tertiary/aromatic N) is 1. The molecule has 0 aliphatic rings. The van der Waals surface area contributed by atoms with Gasteiger partial charge in [0.2, 0.25) is 0 Å². The molecule has 0 saturated carbocycles. The van der Waals surface area contributed by atoms with E-state index < -0.39 is 0 Å². The van der Waals surface area contributed by atoms with Crippen LogP contribution in [0.15, 0.2) is 23.2 Å². The van der Waals surface area contributed by atoms with Crippen LogP contribution in [0.25, 0.3) is 0 Å². The van der Waals surface area contributed by atoms with E-state index in [-0.39, 0.29) is 0 Å². The van der Waals surface area contributed by atoms with Gasteiger partial charge < -0.3 is 15.8 Å². The molecule has 0 aliphatic heterocycles. The van der Waals surface area contributed by atoms with Gasteiger partial charge in [0.1, 0.15) is 0 Å². The number of rotatable bonds is 8. The Labute approximate surface area is 122 Å². The fourth-order valence-corrected chi connectivity index (χ4v) is 1.72. The number of aliphatic imine (C=N–C) groups is 1. The van der Waals surface area contributed by atoms with E-state index in [2.05, 4.69) is 43.2 Å². The maximum absolute atomic E-state index is 5.85. The van der Waals surface area contributed by atoms with Crippen LogP contribution in [0.5, 0.6) is 0 Å². The second-order valence-corrected chi connectivity index (χ2v) is 5.01. The number of unbranched alkanes of at least 4 members (excludes halogenated alkanes) is 1. The summed E-state index contributed by atoms with van der Waals surface area (Å²) in [5.41, 5.74) is 9.35. The lowest BCUT2D eigenvalue weighted by Gasteiger charge is -2.08. The van der Waals surface area contributed by atoms with Crippen molar-refractivity contribution in [3.63, 3.8) is 0 Å². The molecular weight excluding hydrogens is 250 g/mol. The summed E-state index contributed by atoms with van der Waals surface area (Å²) in [6.45, 7) is 8.62. The van der Waals surface area contributed by atoms with Gasteiger partial charge in [-0.1, -0.05) is 19.4 Å². The normalized spacial score (nSPS) is 11.7. The highest BCUT2D eigenvalue weighted by molar-refractivity contribution is 5.92. The minimum atomic E-state index is 0.460. The zero-order valence-corrected chi connectivity index (χ0v) is 12.9. The molecule has 0 bridgehead atoms. The highest BCUT2D eigenvalue weighted by atomic mass is 16.5. The molecule has 0 aliphatic carbocycles. The number of guanidine groups is 1. The number of hydrogen-bond acceptors (Lipinski definition) is 2. The predicted molar refractivity (Wildman–Crippen MR) is 86.4 cm³/mol. The largest absolute Gasteiger partial charge is 0.381 e. The van der Waals surface area contributed by atoms with Crippen molar-refractivity contribution in [3.05, 3.63) is 29.3 Å². The Bertz CT molecular complexity index is 430. The zero-order valence-electron chi connectivity index (χ0n) is 12.9. The average molecular weight is 277 g/mol. The van der Waals surface area contributed by atoms with Crippen LogP contribution in [0.2, 0.25) is 0 Å². The minimum Gasteiger partial charge on any atom is -0.381 e. The van der Waals surface area contributed by atoms with Crippen molar-refractivity contribution in [3.8, 4) is 0 Å². The van der Waals surface area contributed by atoms with Gasteiger partial charge >= 0.3 is 0 Å². The molecule has 0 amide bonds. The molecule has 4 nitrogen and oxygen atoms in total. The summed E-state index contributed by atoms with van der Waals surface area (Å²) in [4.78, 5) is 4.29. The first-order valence-corrected chi connectivity index (χ1v) is 7.35. The summed E-state index contributed by atoms with van der Waals surface area (Å²) in [5, 5.41) is 3.11. The Kier molecular flexibility index (Phi) is 7.73. The zero-order chi connectivity index (χ0) is 14.8. The van der Waals surface area contributed by atoms with Crippen LogP contribution in [-0.4, -0.2) is 25.7 Å². The van der Waals surface area contributed by atoms with Gasteiger partial charge in [-0.25, -0.2) is 0 Å². The summed E-state index contributed by atoms with van der Waals surface area (Å²) in [6.07, 6.45) is 3.20. The van der Waals surface area contributed by atoms with Gasteiger partial charge in [-0.2, -0.15) is 0 Å². The smallest absolute Gasteiger partial charge is 0.193 e. The summed E-state index contributed by atoms with van der Waals surface area (Å²) >= 11 is 0.